The molecule has 1 aromatic carbocycles. The van der Waals surface area contributed by atoms with Crippen molar-refractivity contribution in [3.8, 4) is 0 Å². The molecule has 0 saturated carbocycles. The zero-order chi connectivity index (χ0) is 16.2. The first-order valence-electron chi connectivity index (χ1n) is 5.82. The van der Waals surface area contributed by atoms with Crippen molar-refractivity contribution in [2.24, 2.45) is 0 Å². The van der Waals surface area contributed by atoms with E-state index in [1.807, 2.05) is 0 Å². The van der Waals surface area contributed by atoms with E-state index in [0.29, 0.717) is 6.07 Å². The van der Waals surface area contributed by atoms with E-state index in [4.69, 9.17) is 16.7 Å². The molecule has 1 rings (SSSR count). The van der Waals surface area contributed by atoms with Crippen molar-refractivity contribution in [2.75, 3.05) is 5.32 Å². The number of halogens is 4. The molecule has 116 valence electrons. The summed E-state index contributed by atoms with van der Waals surface area (Å²) in [6, 6.07) is 0.343. The Kier molecular flexibility index (Phi) is 5.42. The molecule has 3 N–H and O–H groups in total. The highest BCUT2D eigenvalue weighted by atomic mass is 35.5. The van der Waals surface area contributed by atoms with Crippen LogP contribution in [0.4, 0.5) is 23.7 Å². The van der Waals surface area contributed by atoms with Crippen LogP contribution in [-0.4, -0.2) is 23.1 Å². The summed E-state index contributed by atoms with van der Waals surface area (Å²) < 4.78 is 37.7. The molecule has 1 atom stereocenters. The highest BCUT2D eigenvalue weighted by Crippen LogP contribution is 2.33. The number of carbonyl (C=O) groups excluding carboxylic acids is 1. The zero-order valence-corrected chi connectivity index (χ0v) is 11.5. The lowest BCUT2D eigenvalue weighted by Crippen LogP contribution is -2.42. The Labute approximate surface area is 123 Å². The standard InChI is InChI=1S/C12H12ClF3N2O3/c1-2-8(10(19)20)17-11(21)18-9-5-6(12(14,15)16)3-4-7(9)13/h3-5,8H,2H2,1H3,(H,19,20)(H2,17,18,21)/t8-/m0/s1. The second-order valence-electron chi connectivity index (χ2n) is 4.09. The summed E-state index contributed by atoms with van der Waals surface area (Å²) in [5, 5.41) is 12.9. The van der Waals surface area contributed by atoms with Gasteiger partial charge in [0.15, 0.2) is 0 Å². The van der Waals surface area contributed by atoms with Gasteiger partial charge >= 0.3 is 18.2 Å². The molecule has 0 saturated heterocycles. The minimum atomic E-state index is -4.58. The van der Waals surface area contributed by atoms with Crippen molar-refractivity contribution in [2.45, 2.75) is 25.6 Å². The average Bonchev–Trinajstić information content (AvgIpc) is 2.36. The van der Waals surface area contributed by atoms with Crippen molar-refractivity contribution >= 4 is 29.3 Å². The van der Waals surface area contributed by atoms with Gasteiger partial charge in [-0.3, -0.25) is 0 Å². The van der Waals surface area contributed by atoms with Crippen LogP contribution in [-0.2, 0) is 11.0 Å². The number of benzene rings is 1. The van der Waals surface area contributed by atoms with E-state index in [0.717, 1.165) is 12.1 Å². The van der Waals surface area contributed by atoms with Gasteiger partial charge in [-0.1, -0.05) is 18.5 Å². The minimum absolute atomic E-state index is 0.0958. The topological polar surface area (TPSA) is 78.4 Å². The Bertz CT molecular complexity index is 549. The lowest BCUT2D eigenvalue weighted by Gasteiger charge is -2.15. The van der Waals surface area contributed by atoms with E-state index < -0.39 is 29.8 Å². The Morgan fingerprint density at radius 3 is 2.48 bits per heavy atom. The second-order valence-corrected chi connectivity index (χ2v) is 4.50. The molecular formula is C12H12ClF3N2O3. The largest absolute Gasteiger partial charge is 0.480 e. The molecule has 0 fully saturated rings. The number of amides is 2. The van der Waals surface area contributed by atoms with Gasteiger partial charge in [-0.15, -0.1) is 0 Å². The average molecular weight is 325 g/mol. The maximum atomic E-state index is 12.6. The maximum Gasteiger partial charge on any atom is 0.416 e. The lowest BCUT2D eigenvalue weighted by atomic mass is 10.2. The van der Waals surface area contributed by atoms with Gasteiger partial charge in [0, 0.05) is 0 Å². The smallest absolute Gasteiger partial charge is 0.416 e. The van der Waals surface area contributed by atoms with Crippen LogP contribution in [0, 0.1) is 0 Å². The molecule has 21 heavy (non-hydrogen) atoms. The van der Waals surface area contributed by atoms with Gasteiger partial charge in [0.1, 0.15) is 6.04 Å². The Balaban J connectivity index is 2.87. The van der Waals surface area contributed by atoms with E-state index in [1.54, 1.807) is 0 Å². The summed E-state index contributed by atoms with van der Waals surface area (Å²) in [6.45, 7) is 1.54. The molecule has 0 heterocycles. The van der Waals surface area contributed by atoms with E-state index >= 15 is 0 Å². The molecule has 0 aromatic heterocycles. The van der Waals surface area contributed by atoms with Crippen molar-refractivity contribution in [1.82, 2.24) is 5.32 Å². The van der Waals surface area contributed by atoms with Crippen molar-refractivity contribution in [3.05, 3.63) is 28.8 Å². The fraction of sp³-hybridized carbons (Fsp3) is 0.333. The van der Waals surface area contributed by atoms with Crippen molar-refractivity contribution in [3.63, 3.8) is 0 Å². The van der Waals surface area contributed by atoms with Crippen molar-refractivity contribution < 1.29 is 27.9 Å². The maximum absolute atomic E-state index is 12.6. The lowest BCUT2D eigenvalue weighted by molar-refractivity contribution is -0.139. The summed E-state index contributed by atoms with van der Waals surface area (Å²) in [7, 11) is 0. The first-order chi connectivity index (χ1) is 9.65. The van der Waals surface area contributed by atoms with Gasteiger partial charge in [-0.05, 0) is 24.6 Å². The van der Waals surface area contributed by atoms with Gasteiger partial charge in [0.2, 0.25) is 0 Å². The van der Waals surface area contributed by atoms with Gasteiger partial charge in [0.05, 0.1) is 16.3 Å². The van der Waals surface area contributed by atoms with E-state index in [2.05, 4.69) is 10.6 Å². The zero-order valence-electron chi connectivity index (χ0n) is 10.8. The predicted molar refractivity (Wildman–Crippen MR) is 70.3 cm³/mol. The molecule has 0 unspecified atom stereocenters. The second kappa shape index (κ2) is 6.66. The molecule has 0 bridgehead atoms. The highest BCUT2D eigenvalue weighted by molar-refractivity contribution is 6.33. The van der Waals surface area contributed by atoms with Crippen LogP contribution in [0.25, 0.3) is 0 Å². The number of carboxylic acid groups (broad SMARTS) is 1. The third-order valence-electron chi connectivity index (χ3n) is 2.55. The fourth-order valence-corrected chi connectivity index (χ4v) is 1.62. The summed E-state index contributed by atoms with van der Waals surface area (Å²) in [4.78, 5) is 22.3. The number of nitrogens with one attached hydrogen (secondary N) is 2. The third-order valence-corrected chi connectivity index (χ3v) is 2.88. The van der Waals surface area contributed by atoms with E-state index in [-0.39, 0.29) is 17.1 Å². The van der Waals surface area contributed by atoms with Gasteiger partial charge in [-0.25, -0.2) is 9.59 Å². The molecule has 0 aliphatic carbocycles. The number of carboxylic acids is 1. The third kappa shape index (κ3) is 4.82. The van der Waals surface area contributed by atoms with Crippen LogP contribution in [0.3, 0.4) is 0 Å². The summed E-state index contributed by atoms with van der Waals surface area (Å²) in [5.41, 5.74) is -1.24. The molecule has 9 heteroatoms. The first-order valence-corrected chi connectivity index (χ1v) is 6.20. The number of urea groups is 1. The van der Waals surface area contributed by atoms with Crippen LogP contribution >= 0.6 is 11.6 Å². The molecule has 0 radical (unpaired) electrons. The Hall–Kier alpha value is -1.96. The quantitative estimate of drug-likeness (QED) is 0.794. The van der Waals surface area contributed by atoms with Crippen LogP contribution in [0.1, 0.15) is 18.9 Å². The highest BCUT2D eigenvalue weighted by Gasteiger charge is 2.31. The molecule has 5 nitrogen and oxygen atoms in total. The minimum Gasteiger partial charge on any atom is -0.480 e. The SMILES string of the molecule is CC[C@H](NC(=O)Nc1cc(C(F)(F)F)ccc1Cl)C(=O)O. The first kappa shape index (κ1) is 17.1. The summed E-state index contributed by atoms with van der Waals surface area (Å²) in [6.07, 6.45) is -4.45. The van der Waals surface area contributed by atoms with Crippen LogP contribution in [0.5, 0.6) is 0 Å². The molecule has 1 aromatic rings. The van der Waals surface area contributed by atoms with Gasteiger partial charge in [0.25, 0.3) is 0 Å². The molecule has 2 amide bonds. The summed E-state index contributed by atoms with van der Waals surface area (Å²) in [5.74, 6) is -1.25. The monoisotopic (exact) mass is 324 g/mol. The fourth-order valence-electron chi connectivity index (χ4n) is 1.45. The van der Waals surface area contributed by atoms with E-state index in [1.165, 1.54) is 6.92 Å². The number of hydrogen-bond acceptors (Lipinski definition) is 2. The Morgan fingerprint density at radius 2 is 2.00 bits per heavy atom. The van der Waals surface area contributed by atoms with Crippen LogP contribution < -0.4 is 10.6 Å². The normalized spacial score (nSPS) is 12.6. The molecular weight excluding hydrogens is 313 g/mol. The van der Waals surface area contributed by atoms with E-state index in [9.17, 15) is 22.8 Å². The summed E-state index contributed by atoms with van der Waals surface area (Å²) >= 11 is 5.70. The van der Waals surface area contributed by atoms with Gasteiger partial charge in [-0.2, -0.15) is 13.2 Å². The molecule has 0 aliphatic heterocycles. The number of aliphatic carboxylic acids is 1. The molecule has 0 spiro atoms. The number of alkyl halides is 3. The number of hydrogen-bond donors (Lipinski definition) is 3. The Morgan fingerprint density at radius 1 is 1.38 bits per heavy atom. The number of carbonyl (C=O) groups is 2. The van der Waals surface area contributed by atoms with Gasteiger partial charge < -0.3 is 15.7 Å². The van der Waals surface area contributed by atoms with Crippen LogP contribution in [0.2, 0.25) is 5.02 Å². The number of anilines is 1. The number of rotatable bonds is 4. The van der Waals surface area contributed by atoms with Crippen molar-refractivity contribution in [1.29, 1.82) is 0 Å². The predicted octanol–water partition coefficient (Wildman–Crippen LogP) is 3.34. The van der Waals surface area contributed by atoms with Crippen LogP contribution in [0.15, 0.2) is 18.2 Å². The molecule has 0 aliphatic rings.